The van der Waals surface area contributed by atoms with E-state index < -0.39 is 0 Å². The van der Waals surface area contributed by atoms with E-state index in [0.29, 0.717) is 5.69 Å². The maximum Gasteiger partial charge on any atom is 0.131 e. The Kier molecular flexibility index (Phi) is 4.04. The van der Waals surface area contributed by atoms with Crippen molar-refractivity contribution in [2.24, 2.45) is 5.18 Å². The molecule has 1 aliphatic rings. The fourth-order valence-electron chi connectivity index (χ4n) is 2.40. The van der Waals surface area contributed by atoms with Crippen molar-refractivity contribution in [2.45, 2.75) is 52.0 Å². The van der Waals surface area contributed by atoms with Gasteiger partial charge in [-0.15, -0.1) is 4.91 Å². The Morgan fingerprint density at radius 2 is 2.00 bits per heavy atom. The smallest absolute Gasteiger partial charge is 0.131 e. The average molecular weight is 284 g/mol. The van der Waals surface area contributed by atoms with Crippen LogP contribution in [0.1, 0.15) is 46.6 Å². The van der Waals surface area contributed by atoms with Gasteiger partial charge in [-0.25, -0.2) is 0 Å². The zero-order valence-electron chi connectivity index (χ0n) is 13.5. The van der Waals surface area contributed by atoms with Crippen molar-refractivity contribution in [3.63, 3.8) is 0 Å². The molecule has 0 spiro atoms. The van der Waals surface area contributed by atoms with Gasteiger partial charge in [-0.3, -0.25) is 0 Å². The van der Waals surface area contributed by atoms with Crippen LogP contribution < -0.4 is 5.32 Å². The molecule has 0 radical (unpaired) electrons. The van der Waals surface area contributed by atoms with E-state index in [-0.39, 0.29) is 11.0 Å². The minimum absolute atomic E-state index is 0.00641. The van der Waals surface area contributed by atoms with Crippen molar-refractivity contribution < 1.29 is 0 Å². The Morgan fingerprint density at radius 1 is 1.29 bits per heavy atom. The van der Waals surface area contributed by atoms with Crippen LogP contribution >= 0.6 is 0 Å². The van der Waals surface area contributed by atoms with Crippen LogP contribution in [0.5, 0.6) is 0 Å². The Balaban J connectivity index is 2.29. The molecule has 0 bridgehead atoms. The van der Waals surface area contributed by atoms with E-state index in [1.54, 1.807) is 0 Å². The second-order valence-corrected chi connectivity index (χ2v) is 7.10. The topological polar surface area (TPSA) is 41.5 Å². The van der Waals surface area contributed by atoms with Crippen LogP contribution in [-0.4, -0.2) is 5.54 Å². The van der Waals surface area contributed by atoms with Gasteiger partial charge in [0.1, 0.15) is 5.69 Å². The number of nitrogens with zero attached hydrogens (tertiary/aromatic N) is 1. The molecule has 0 saturated heterocycles. The van der Waals surface area contributed by atoms with E-state index in [1.807, 2.05) is 12.1 Å². The third-order valence-electron chi connectivity index (χ3n) is 3.94. The predicted octanol–water partition coefficient (Wildman–Crippen LogP) is 5.46. The van der Waals surface area contributed by atoms with Gasteiger partial charge in [0.05, 0.1) is 11.2 Å². The van der Waals surface area contributed by atoms with E-state index in [1.165, 1.54) is 5.57 Å². The highest BCUT2D eigenvalue weighted by Gasteiger charge is 2.24. The summed E-state index contributed by atoms with van der Waals surface area (Å²) in [6.07, 6.45) is 7.35. The van der Waals surface area contributed by atoms with Gasteiger partial charge in [0.25, 0.3) is 0 Å². The lowest BCUT2D eigenvalue weighted by Crippen LogP contribution is -2.33. The Morgan fingerprint density at radius 3 is 2.52 bits per heavy atom. The first-order chi connectivity index (χ1) is 9.73. The minimum atomic E-state index is -0.178. The third-order valence-corrected chi connectivity index (χ3v) is 3.94. The molecular formula is C18H24N2O. The predicted molar refractivity (Wildman–Crippen MR) is 90.1 cm³/mol. The molecule has 1 N–H and O–H groups in total. The molecule has 1 aromatic carbocycles. The zero-order valence-corrected chi connectivity index (χ0v) is 13.5. The van der Waals surface area contributed by atoms with Gasteiger partial charge < -0.3 is 5.32 Å². The van der Waals surface area contributed by atoms with Gasteiger partial charge in [0.2, 0.25) is 0 Å². The molecule has 1 unspecified atom stereocenters. The molecule has 3 nitrogen and oxygen atoms in total. The number of anilines is 1. The Bertz CT molecular complexity index is 608. The number of nitrogens with one attached hydrogen (secondary N) is 1. The average Bonchev–Trinajstić information content (AvgIpc) is 2.41. The summed E-state index contributed by atoms with van der Waals surface area (Å²) in [7, 11) is 0. The Labute approximate surface area is 127 Å². The normalized spacial score (nSPS) is 21.9. The van der Waals surface area contributed by atoms with Crippen LogP contribution in [0.25, 0.3) is 0 Å². The van der Waals surface area contributed by atoms with Crippen LogP contribution in [0, 0.1) is 4.91 Å². The van der Waals surface area contributed by atoms with Crippen LogP contribution in [0.4, 0.5) is 11.4 Å². The van der Waals surface area contributed by atoms with E-state index in [9.17, 15) is 4.91 Å². The SMILES string of the molecule is CC1=CCC(C)(Nc2ccc(C(C)(C)C)cc2N=O)C=C1. The fourth-order valence-corrected chi connectivity index (χ4v) is 2.40. The maximum atomic E-state index is 11.2. The molecule has 0 heterocycles. The molecule has 1 aliphatic carbocycles. The molecule has 0 aromatic heterocycles. The third kappa shape index (κ3) is 3.60. The first kappa shape index (κ1) is 15.5. The number of hydrogen-bond acceptors (Lipinski definition) is 3. The molecule has 3 heteroatoms. The first-order valence-corrected chi connectivity index (χ1v) is 7.36. The van der Waals surface area contributed by atoms with Gasteiger partial charge in [-0.2, -0.15) is 0 Å². The number of hydrogen-bond donors (Lipinski definition) is 1. The highest BCUT2D eigenvalue weighted by molar-refractivity contribution is 5.68. The molecule has 112 valence electrons. The van der Waals surface area contributed by atoms with Crippen LogP contribution in [0.2, 0.25) is 0 Å². The molecular weight excluding hydrogens is 260 g/mol. The summed E-state index contributed by atoms with van der Waals surface area (Å²) < 4.78 is 0. The van der Waals surface area contributed by atoms with Crippen molar-refractivity contribution in [1.29, 1.82) is 0 Å². The zero-order chi connectivity index (χ0) is 15.7. The lowest BCUT2D eigenvalue weighted by molar-refractivity contribution is 0.590. The second kappa shape index (κ2) is 5.47. The van der Waals surface area contributed by atoms with Crippen molar-refractivity contribution in [1.82, 2.24) is 0 Å². The molecule has 2 rings (SSSR count). The van der Waals surface area contributed by atoms with Crippen molar-refractivity contribution in [2.75, 3.05) is 5.32 Å². The largest absolute Gasteiger partial charge is 0.374 e. The van der Waals surface area contributed by atoms with Crippen LogP contribution in [0.15, 0.2) is 47.2 Å². The summed E-state index contributed by atoms with van der Waals surface area (Å²) in [5, 5.41) is 6.66. The summed E-state index contributed by atoms with van der Waals surface area (Å²) in [5.41, 5.74) is 3.48. The van der Waals surface area contributed by atoms with Gasteiger partial charge in [0, 0.05) is 0 Å². The van der Waals surface area contributed by atoms with E-state index >= 15 is 0 Å². The van der Waals surface area contributed by atoms with Crippen LogP contribution in [-0.2, 0) is 5.41 Å². The van der Waals surface area contributed by atoms with Gasteiger partial charge in [-0.05, 0) is 48.6 Å². The highest BCUT2D eigenvalue weighted by atomic mass is 16.3. The monoisotopic (exact) mass is 284 g/mol. The molecule has 0 aliphatic heterocycles. The van der Waals surface area contributed by atoms with E-state index in [2.05, 4.69) is 69.4 Å². The summed E-state index contributed by atoms with van der Waals surface area (Å²) in [4.78, 5) is 11.2. The lowest BCUT2D eigenvalue weighted by Gasteiger charge is -2.31. The first-order valence-electron chi connectivity index (χ1n) is 7.36. The maximum absolute atomic E-state index is 11.2. The lowest BCUT2D eigenvalue weighted by atomic mass is 9.86. The highest BCUT2D eigenvalue weighted by Crippen LogP contribution is 2.35. The summed E-state index contributed by atoms with van der Waals surface area (Å²) in [5.74, 6) is 0. The molecule has 0 saturated carbocycles. The van der Waals surface area contributed by atoms with Gasteiger partial charge >= 0.3 is 0 Å². The van der Waals surface area contributed by atoms with Crippen molar-refractivity contribution in [3.05, 3.63) is 52.5 Å². The molecule has 0 amide bonds. The van der Waals surface area contributed by atoms with Crippen LogP contribution in [0.3, 0.4) is 0 Å². The molecule has 1 aromatic rings. The quantitative estimate of drug-likeness (QED) is 0.749. The second-order valence-electron chi connectivity index (χ2n) is 7.10. The fraction of sp³-hybridized carbons (Fsp3) is 0.444. The van der Waals surface area contributed by atoms with E-state index in [4.69, 9.17) is 0 Å². The molecule has 0 fully saturated rings. The molecule has 1 atom stereocenters. The minimum Gasteiger partial charge on any atom is -0.374 e. The number of allylic oxidation sites excluding steroid dienone is 2. The number of benzene rings is 1. The summed E-state index contributed by atoms with van der Waals surface area (Å²) >= 11 is 0. The number of rotatable bonds is 3. The van der Waals surface area contributed by atoms with Crippen molar-refractivity contribution in [3.8, 4) is 0 Å². The Hall–Kier alpha value is -1.90. The number of nitroso groups, excluding NO2 is 1. The summed E-state index contributed by atoms with van der Waals surface area (Å²) in [6.45, 7) is 10.6. The standard InChI is InChI=1S/C18H24N2O/c1-13-8-10-18(5,11-9-13)19-15-7-6-14(17(2,3)4)12-16(15)20-21/h6-10,12,19H,11H2,1-5H3. The van der Waals surface area contributed by atoms with Crippen molar-refractivity contribution >= 4 is 11.4 Å². The molecule has 21 heavy (non-hydrogen) atoms. The summed E-state index contributed by atoms with van der Waals surface area (Å²) in [6, 6.07) is 5.90. The van der Waals surface area contributed by atoms with Gasteiger partial charge in [0.15, 0.2) is 0 Å². The van der Waals surface area contributed by atoms with E-state index in [0.717, 1.165) is 17.7 Å². The van der Waals surface area contributed by atoms with Gasteiger partial charge in [-0.1, -0.05) is 50.6 Å².